The fourth-order valence-corrected chi connectivity index (χ4v) is 5.73. The summed E-state index contributed by atoms with van der Waals surface area (Å²) in [7, 11) is 1.80. The van der Waals surface area contributed by atoms with Crippen molar-refractivity contribution in [3.8, 4) is 16.9 Å². The van der Waals surface area contributed by atoms with E-state index in [1.807, 2.05) is 30.5 Å². The van der Waals surface area contributed by atoms with Gasteiger partial charge in [-0.1, -0.05) is 81.8 Å². The van der Waals surface area contributed by atoms with Crippen molar-refractivity contribution in [1.29, 1.82) is 0 Å². The highest BCUT2D eigenvalue weighted by atomic mass is 16.5. The predicted octanol–water partition coefficient (Wildman–Crippen LogP) is 9.88. The van der Waals surface area contributed by atoms with Crippen LogP contribution in [0.5, 0.6) is 5.75 Å². The number of ether oxygens (including phenoxy) is 1. The quantitative estimate of drug-likeness (QED) is 0.275. The molecular weight excluding hydrogens is 468 g/mol. The van der Waals surface area contributed by atoms with Crippen molar-refractivity contribution in [3.63, 3.8) is 0 Å². The Kier molecular flexibility index (Phi) is 9.69. The largest absolute Gasteiger partial charge is 0.507 e. The van der Waals surface area contributed by atoms with Gasteiger partial charge in [-0.05, 0) is 90.7 Å². The first-order chi connectivity index (χ1) is 18.4. The van der Waals surface area contributed by atoms with Crippen LogP contribution in [0, 0.1) is 11.8 Å². The second kappa shape index (κ2) is 13.2. The predicted molar refractivity (Wildman–Crippen MR) is 158 cm³/mol. The first kappa shape index (κ1) is 28.0. The van der Waals surface area contributed by atoms with Crippen LogP contribution < -0.4 is 0 Å². The van der Waals surface area contributed by atoms with Gasteiger partial charge in [-0.3, -0.25) is 0 Å². The van der Waals surface area contributed by atoms with Gasteiger partial charge in [0.1, 0.15) is 5.75 Å². The molecule has 1 N–H and O–H groups in total. The monoisotopic (exact) mass is 512 g/mol. The van der Waals surface area contributed by atoms with E-state index in [1.165, 1.54) is 28.7 Å². The maximum atomic E-state index is 10.8. The summed E-state index contributed by atoms with van der Waals surface area (Å²) < 4.78 is 11.2. The number of aromatic hydroxyl groups is 1. The maximum Gasteiger partial charge on any atom is 0.123 e. The number of benzene rings is 2. The summed E-state index contributed by atoms with van der Waals surface area (Å²) in [4.78, 5) is 0. The van der Waals surface area contributed by atoms with Gasteiger partial charge in [0, 0.05) is 18.2 Å². The lowest BCUT2D eigenvalue weighted by Crippen LogP contribution is -2.15. The molecule has 0 fully saturated rings. The molecule has 3 atom stereocenters. The Hall–Kier alpha value is -3.04. The van der Waals surface area contributed by atoms with E-state index < -0.39 is 0 Å². The van der Waals surface area contributed by atoms with Crippen LogP contribution in [-0.4, -0.2) is 12.2 Å². The minimum atomic E-state index is 0.0809. The van der Waals surface area contributed by atoms with Gasteiger partial charge in [-0.15, -0.1) is 0 Å². The molecule has 202 valence electrons. The molecule has 0 bridgehead atoms. The first-order valence-corrected chi connectivity index (χ1v) is 14.3. The van der Waals surface area contributed by atoms with E-state index in [0.29, 0.717) is 23.5 Å². The Balaban J connectivity index is 1.63. The number of rotatable bonds is 10. The van der Waals surface area contributed by atoms with Crippen LogP contribution in [0.2, 0.25) is 0 Å². The van der Waals surface area contributed by atoms with E-state index in [2.05, 4.69) is 58.1 Å². The summed E-state index contributed by atoms with van der Waals surface area (Å²) in [6.07, 6.45) is 16.9. The zero-order chi connectivity index (χ0) is 27.1. The minimum Gasteiger partial charge on any atom is -0.507 e. The average molecular weight is 513 g/mol. The van der Waals surface area contributed by atoms with Gasteiger partial charge in [-0.2, -0.15) is 0 Å². The molecule has 3 unspecified atom stereocenters. The summed E-state index contributed by atoms with van der Waals surface area (Å²) in [5.41, 5.74) is 8.57. The van der Waals surface area contributed by atoms with E-state index in [0.717, 1.165) is 48.8 Å². The van der Waals surface area contributed by atoms with E-state index in [4.69, 9.17) is 9.15 Å². The number of phenolic OH excluding ortho intramolecular Hbond substituents is 1. The lowest BCUT2D eigenvalue weighted by Gasteiger charge is -2.25. The van der Waals surface area contributed by atoms with Gasteiger partial charge in [0.2, 0.25) is 0 Å². The SMILES string of the molecule is CCC=Cc1c(CC2=CCC(C)C(CC(OC)c3ccoc3)CC2)cc(C(C)C)cc1-c1ccccc1O. The Morgan fingerprint density at radius 2 is 1.92 bits per heavy atom. The van der Waals surface area contributed by atoms with Crippen LogP contribution in [0.4, 0.5) is 0 Å². The van der Waals surface area contributed by atoms with Crippen molar-refractivity contribution in [3.05, 3.63) is 95.0 Å². The summed E-state index contributed by atoms with van der Waals surface area (Å²) in [5.74, 6) is 1.95. The zero-order valence-electron chi connectivity index (χ0n) is 23.7. The van der Waals surface area contributed by atoms with Gasteiger partial charge in [0.15, 0.2) is 0 Å². The third-order valence-electron chi connectivity index (χ3n) is 8.22. The van der Waals surface area contributed by atoms with Gasteiger partial charge in [-0.25, -0.2) is 0 Å². The third-order valence-corrected chi connectivity index (χ3v) is 8.22. The van der Waals surface area contributed by atoms with Crippen LogP contribution in [0.1, 0.15) is 94.1 Å². The molecule has 38 heavy (non-hydrogen) atoms. The molecule has 1 aromatic heterocycles. The lowest BCUT2D eigenvalue weighted by molar-refractivity contribution is 0.0689. The Morgan fingerprint density at radius 1 is 1.11 bits per heavy atom. The molecule has 4 rings (SSSR count). The standard InChI is InChI=1S/C35H44O3/c1-6-7-10-31-30(20-29(24(2)3)21-33(31)32-11-8-9-12-34(32)36)19-26-14-13-25(4)27(16-15-26)22-35(37-5)28-17-18-38-23-28/h7-12,14,17-18,20-21,23-25,27,35-36H,6,13,15-16,19,22H2,1-5H3. The molecular formula is C35H44O3. The maximum absolute atomic E-state index is 10.8. The number of allylic oxidation sites excluding steroid dienone is 3. The Bertz CT molecular complexity index is 1230. The highest BCUT2D eigenvalue weighted by Gasteiger charge is 2.26. The molecule has 3 aromatic rings. The van der Waals surface area contributed by atoms with Gasteiger partial charge < -0.3 is 14.3 Å². The number of hydrogen-bond donors (Lipinski definition) is 1. The lowest BCUT2D eigenvalue weighted by atomic mass is 9.83. The molecule has 3 heteroatoms. The van der Waals surface area contributed by atoms with Gasteiger partial charge >= 0.3 is 0 Å². The number of furan rings is 1. The minimum absolute atomic E-state index is 0.0809. The molecule has 0 spiro atoms. The first-order valence-electron chi connectivity index (χ1n) is 14.3. The van der Waals surface area contributed by atoms with Crippen molar-refractivity contribution in [2.45, 2.75) is 78.2 Å². The van der Waals surface area contributed by atoms with E-state index in [-0.39, 0.29) is 6.10 Å². The normalized spacial score (nSPS) is 19.1. The molecule has 1 aliphatic carbocycles. The van der Waals surface area contributed by atoms with E-state index in [1.54, 1.807) is 19.4 Å². The van der Waals surface area contributed by atoms with E-state index in [9.17, 15) is 5.11 Å². The summed E-state index contributed by atoms with van der Waals surface area (Å²) in [6, 6.07) is 14.4. The van der Waals surface area contributed by atoms with Crippen molar-refractivity contribution in [1.82, 2.24) is 0 Å². The van der Waals surface area contributed by atoms with Crippen LogP contribution >= 0.6 is 0 Å². The molecule has 3 nitrogen and oxygen atoms in total. The van der Waals surface area contributed by atoms with Gasteiger partial charge in [0.05, 0.1) is 18.6 Å². The van der Waals surface area contributed by atoms with Gasteiger partial charge in [0.25, 0.3) is 0 Å². The molecule has 0 radical (unpaired) electrons. The molecule has 0 amide bonds. The highest BCUT2D eigenvalue weighted by Crippen LogP contribution is 2.40. The molecule has 0 saturated heterocycles. The van der Waals surface area contributed by atoms with Crippen molar-refractivity contribution in [2.75, 3.05) is 7.11 Å². The molecule has 1 heterocycles. The fourth-order valence-electron chi connectivity index (χ4n) is 5.73. The number of hydrogen-bond acceptors (Lipinski definition) is 3. The zero-order valence-corrected chi connectivity index (χ0v) is 23.7. The number of phenols is 1. The Labute approximate surface area is 229 Å². The van der Waals surface area contributed by atoms with E-state index >= 15 is 0 Å². The topological polar surface area (TPSA) is 42.6 Å². The average Bonchev–Trinajstić information content (AvgIpc) is 3.39. The number of methoxy groups -OCH3 is 1. The highest BCUT2D eigenvalue weighted by molar-refractivity contribution is 5.81. The molecule has 0 saturated carbocycles. The van der Waals surface area contributed by atoms with Crippen LogP contribution in [0.3, 0.4) is 0 Å². The van der Waals surface area contributed by atoms with Crippen molar-refractivity contribution in [2.24, 2.45) is 11.8 Å². The van der Waals surface area contributed by atoms with Crippen molar-refractivity contribution >= 4 is 6.08 Å². The fraction of sp³-hybridized carbons (Fsp3) is 0.429. The van der Waals surface area contributed by atoms with Crippen molar-refractivity contribution < 1.29 is 14.3 Å². The summed E-state index contributed by atoms with van der Waals surface area (Å²) >= 11 is 0. The summed E-state index contributed by atoms with van der Waals surface area (Å²) in [5, 5.41) is 10.8. The Morgan fingerprint density at radius 3 is 2.61 bits per heavy atom. The second-order valence-corrected chi connectivity index (χ2v) is 11.2. The summed E-state index contributed by atoms with van der Waals surface area (Å²) in [6.45, 7) is 9.05. The molecule has 1 aliphatic rings. The smallest absolute Gasteiger partial charge is 0.123 e. The third kappa shape index (κ3) is 6.69. The van der Waals surface area contributed by atoms with Crippen LogP contribution in [-0.2, 0) is 11.2 Å². The molecule has 0 aliphatic heterocycles. The second-order valence-electron chi connectivity index (χ2n) is 11.2. The van der Waals surface area contributed by atoms with Crippen LogP contribution in [0.15, 0.2) is 77.1 Å². The van der Waals surface area contributed by atoms with Crippen LogP contribution in [0.25, 0.3) is 17.2 Å². The number of para-hydroxylation sites is 1. The molecule has 2 aromatic carbocycles.